The van der Waals surface area contributed by atoms with Crippen LogP contribution < -0.4 is 15.4 Å². The van der Waals surface area contributed by atoms with Crippen LogP contribution in [0.4, 0.5) is 0 Å². The fraction of sp³-hybridized carbons (Fsp3) is 0.435. The number of fused-ring (bicyclic) bond motifs is 1. The van der Waals surface area contributed by atoms with E-state index in [1.807, 2.05) is 25.1 Å². The molecule has 3 heterocycles. The third kappa shape index (κ3) is 4.90. The Morgan fingerprint density at radius 1 is 1.23 bits per heavy atom. The van der Waals surface area contributed by atoms with Gasteiger partial charge in [-0.15, -0.1) is 0 Å². The number of amides is 3. The van der Waals surface area contributed by atoms with Crippen molar-refractivity contribution in [1.82, 2.24) is 15.5 Å². The molecule has 2 N–H and O–H groups in total. The van der Waals surface area contributed by atoms with Gasteiger partial charge in [-0.25, -0.2) is 0 Å². The van der Waals surface area contributed by atoms with Crippen molar-refractivity contribution in [3.8, 4) is 5.75 Å². The van der Waals surface area contributed by atoms with Gasteiger partial charge in [0.2, 0.25) is 11.8 Å². The van der Waals surface area contributed by atoms with Gasteiger partial charge in [-0.2, -0.15) is 0 Å². The standard InChI is InChI=1S/C23H27N3O5/c1-16(8-9-17-5-4-14-30-17)24-20(27)15-26-13-12-23(11-10-21(26)28)25-22(29)18-6-2-3-7-19(18)31-23/h2-7,14,16H,8-13,15H2,1H3,(H,24,27)(H,25,29)/t16-,23+/m1/s1. The molecule has 0 saturated carbocycles. The number of rotatable bonds is 6. The minimum absolute atomic E-state index is 0.00939. The van der Waals surface area contributed by atoms with Crippen molar-refractivity contribution in [2.24, 2.45) is 0 Å². The van der Waals surface area contributed by atoms with Gasteiger partial charge < -0.3 is 24.7 Å². The Morgan fingerprint density at radius 3 is 2.87 bits per heavy atom. The highest BCUT2D eigenvalue weighted by atomic mass is 16.5. The molecule has 2 atom stereocenters. The number of carbonyl (C=O) groups excluding carboxylic acids is 3. The van der Waals surface area contributed by atoms with E-state index < -0.39 is 5.72 Å². The number of aryl methyl sites for hydroxylation is 1. The van der Waals surface area contributed by atoms with Gasteiger partial charge in [0.25, 0.3) is 5.91 Å². The third-order valence-electron chi connectivity index (χ3n) is 5.81. The number of benzene rings is 1. The van der Waals surface area contributed by atoms with Gasteiger partial charge in [-0.3, -0.25) is 14.4 Å². The molecule has 8 heteroatoms. The Morgan fingerprint density at radius 2 is 2.06 bits per heavy atom. The summed E-state index contributed by atoms with van der Waals surface area (Å²) in [7, 11) is 0. The lowest BCUT2D eigenvalue weighted by Gasteiger charge is -2.38. The van der Waals surface area contributed by atoms with E-state index in [1.165, 1.54) is 0 Å². The van der Waals surface area contributed by atoms with E-state index in [4.69, 9.17) is 9.15 Å². The van der Waals surface area contributed by atoms with Gasteiger partial charge in [-0.05, 0) is 37.6 Å². The number of ether oxygens (including phenoxy) is 1. The molecule has 2 aliphatic heterocycles. The molecule has 1 spiro atoms. The van der Waals surface area contributed by atoms with E-state index in [9.17, 15) is 14.4 Å². The molecule has 8 nitrogen and oxygen atoms in total. The van der Waals surface area contributed by atoms with Gasteiger partial charge in [0.05, 0.1) is 18.4 Å². The zero-order chi connectivity index (χ0) is 21.8. The summed E-state index contributed by atoms with van der Waals surface area (Å²) in [4.78, 5) is 39.2. The number of likely N-dealkylation sites (tertiary alicyclic amines) is 1. The van der Waals surface area contributed by atoms with Gasteiger partial charge in [0, 0.05) is 38.3 Å². The molecule has 1 saturated heterocycles. The molecule has 0 unspecified atom stereocenters. The molecular formula is C23H27N3O5. The van der Waals surface area contributed by atoms with Crippen LogP contribution in [0, 0.1) is 0 Å². The number of para-hydroxylation sites is 1. The summed E-state index contributed by atoms with van der Waals surface area (Å²) in [6.07, 6.45) is 4.09. The number of nitrogens with zero attached hydrogens (tertiary/aromatic N) is 1. The molecule has 0 bridgehead atoms. The minimum Gasteiger partial charge on any atom is -0.469 e. The van der Waals surface area contributed by atoms with Crippen molar-refractivity contribution in [3.63, 3.8) is 0 Å². The van der Waals surface area contributed by atoms with Crippen molar-refractivity contribution >= 4 is 17.7 Å². The van der Waals surface area contributed by atoms with E-state index in [-0.39, 0.29) is 36.7 Å². The largest absolute Gasteiger partial charge is 0.469 e. The minimum atomic E-state index is -0.928. The second kappa shape index (κ2) is 8.83. The Balaban J connectivity index is 1.32. The highest BCUT2D eigenvalue weighted by molar-refractivity contribution is 5.98. The molecule has 0 radical (unpaired) electrons. The smallest absolute Gasteiger partial charge is 0.258 e. The quantitative estimate of drug-likeness (QED) is 0.739. The Hall–Kier alpha value is -3.29. The molecule has 2 aliphatic rings. The molecule has 4 rings (SSSR count). The fourth-order valence-electron chi connectivity index (χ4n) is 4.06. The molecule has 0 aliphatic carbocycles. The van der Waals surface area contributed by atoms with Crippen molar-refractivity contribution in [2.45, 2.75) is 50.8 Å². The lowest BCUT2D eigenvalue weighted by molar-refractivity contribution is -0.135. The van der Waals surface area contributed by atoms with Gasteiger partial charge in [0.15, 0.2) is 5.72 Å². The fourth-order valence-corrected chi connectivity index (χ4v) is 4.06. The first kappa shape index (κ1) is 21.0. The topological polar surface area (TPSA) is 101 Å². The van der Waals surface area contributed by atoms with Gasteiger partial charge in [-0.1, -0.05) is 12.1 Å². The maximum absolute atomic E-state index is 12.6. The maximum atomic E-state index is 12.6. The average molecular weight is 425 g/mol. The zero-order valence-corrected chi connectivity index (χ0v) is 17.6. The van der Waals surface area contributed by atoms with E-state index >= 15 is 0 Å². The number of nitrogens with one attached hydrogen (secondary N) is 2. The van der Waals surface area contributed by atoms with Crippen LogP contribution in [0.5, 0.6) is 5.75 Å². The molecule has 1 aromatic heterocycles. The van der Waals surface area contributed by atoms with E-state index in [0.29, 0.717) is 30.7 Å². The normalized spacial score (nSPS) is 21.6. The summed E-state index contributed by atoms with van der Waals surface area (Å²) in [5, 5.41) is 5.88. The second-order valence-corrected chi connectivity index (χ2v) is 8.20. The van der Waals surface area contributed by atoms with E-state index in [1.54, 1.807) is 29.4 Å². The van der Waals surface area contributed by atoms with E-state index in [2.05, 4.69) is 10.6 Å². The molecule has 31 heavy (non-hydrogen) atoms. The number of furan rings is 1. The van der Waals surface area contributed by atoms with Crippen LogP contribution in [0.3, 0.4) is 0 Å². The summed E-state index contributed by atoms with van der Waals surface area (Å²) >= 11 is 0. The maximum Gasteiger partial charge on any atom is 0.258 e. The lowest BCUT2D eigenvalue weighted by atomic mass is 10.0. The second-order valence-electron chi connectivity index (χ2n) is 8.20. The monoisotopic (exact) mass is 425 g/mol. The molecule has 2 aromatic rings. The van der Waals surface area contributed by atoms with Crippen LogP contribution >= 0.6 is 0 Å². The molecule has 1 aromatic carbocycles. The summed E-state index contributed by atoms with van der Waals surface area (Å²) in [5.41, 5.74) is -0.439. The lowest BCUT2D eigenvalue weighted by Crippen LogP contribution is -2.56. The molecule has 164 valence electrons. The van der Waals surface area contributed by atoms with Crippen molar-refractivity contribution < 1.29 is 23.5 Å². The van der Waals surface area contributed by atoms with Gasteiger partial charge >= 0.3 is 0 Å². The van der Waals surface area contributed by atoms with Crippen LogP contribution in [0.25, 0.3) is 0 Å². The summed E-state index contributed by atoms with van der Waals surface area (Å²) in [6.45, 7) is 2.25. The first-order chi connectivity index (χ1) is 14.9. The van der Waals surface area contributed by atoms with Crippen molar-refractivity contribution in [1.29, 1.82) is 0 Å². The SMILES string of the molecule is C[C@H](CCc1ccco1)NC(=O)CN1CC[C@@]2(CCC1=O)NC(=O)c1ccccc1O2. The number of hydrogen-bond acceptors (Lipinski definition) is 5. The predicted octanol–water partition coefficient (Wildman–Crippen LogP) is 2.25. The predicted molar refractivity (Wildman–Crippen MR) is 112 cm³/mol. The summed E-state index contributed by atoms with van der Waals surface area (Å²) in [5.74, 6) is 0.883. The van der Waals surface area contributed by atoms with Crippen LogP contribution in [-0.4, -0.2) is 47.5 Å². The van der Waals surface area contributed by atoms with Crippen LogP contribution in [0.1, 0.15) is 48.7 Å². The molecule has 1 fully saturated rings. The third-order valence-corrected chi connectivity index (χ3v) is 5.81. The van der Waals surface area contributed by atoms with Crippen LogP contribution in [0.2, 0.25) is 0 Å². The summed E-state index contributed by atoms with van der Waals surface area (Å²) in [6, 6.07) is 10.8. The van der Waals surface area contributed by atoms with Gasteiger partial charge in [0.1, 0.15) is 11.5 Å². The Kier molecular flexibility index (Phi) is 5.97. The zero-order valence-electron chi connectivity index (χ0n) is 17.6. The first-order valence-corrected chi connectivity index (χ1v) is 10.6. The molecular weight excluding hydrogens is 398 g/mol. The van der Waals surface area contributed by atoms with Crippen molar-refractivity contribution in [2.75, 3.05) is 13.1 Å². The van der Waals surface area contributed by atoms with Crippen LogP contribution in [0.15, 0.2) is 47.1 Å². The average Bonchev–Trinajstić information content (AvgIpc) is 3.23. The highest BCUT2D eigenvalue weighted by Crippen LogP contribution is 2.33. The van der Waals surface area contributed by atoms with Crippen LogP contribution in [-0.2, 0) is 16.0 Å². The number of carbonyl (C=O) groups is 3. The highest BCUT2D eigenvalue weighted by Gasteiger charge is 2.42. The summed E-state index contributed by atoms with van der Waals surface area (Å²) < 4.78 is 11.4. The Labute approximate surface area is 180 Å². The van der Waals surface area contributed by atoms with Crippen molar-refractivity contribution in [3.05, 3.63) is 54.0 Å². The number of hydrogen-bond donors (Lipinski definition) is 2. The first-order valence-electron chi connectivity index (χ1n) is 10.6. The van der Waals surface area contributed by atoms with E-state index in [0.717, 1.165) is 18.6 Å². The molecule has 3 amide bonds. The Bertz CT molecular complexity index is 958.